The van der Waals surface area contributed by atoms with Gasteiger partial charge < -0.3 is 10.0 Å². The number of hydrogen-bond donors (Lipinski definition) is 1. The van der Waals surface area contributed by atoms with E-state index in [2.05, 4.69) is 5.10 Å². The van der Waals surface area contributed by atoms with Crippen LogP contribution in [0.3, 0.4) is 0 Å². The summed E-state index contributed by atoms with van der Waals surface area (Å²) in [6.07, 6.45) is 3.19. The van der Waals surface area contributed by atoms with Crippen LogP contribution in [0, 0.1) is 5.92 Å². The molecular weight excluding hydrogens is 342 g/mol. The van der Waals surface area contributed by atoms with Crippen LogP contribution in [0.25, 0.3) is 5.69 Å². The average molecular weight is 362 g/mol. The van der Waals surface area contributed by atoms with Crippen molar-refractivity contribution >= 4 is 23.5 Å². The third-order valence-corrected chi connectivity index (χ3v) is 4.97. The van der Waals surface area contributed by atoms with E-state index < -0.39 is 5.97 Å². The fourth-order valence-electron chi connectivity index (χ4n) is 3.22. The van der Waals surface area contributed by atoms with E-state index in [-0.39, 0.29) is 11.8 Å². The van der Waals surface area contributed by atoms with Crippen LogP contribution < -0.4 is 0 Å². The summed E-state index contributed by atoms with van der Waals surface area (Å²) in [7, 11) is 0. The molecule has 7 heteroatoms. The molecule has 0 atom stereocenters. The van der Waals surface area contributed by atoms with Crippen molar-refractivity contribution in [2.24, 2.45) is 5.92 Å². The number of aliphatic carboxylic acids is 1. The second kappa shape index (κ2) is 7.27. The van der Waals surface area contributed by atoms with E-state index in [1.807, 2.05) is 25.1 Å². The minimum atomic E-state index is -0.784. The molecule has 2 heterocycles. The largest absolute Gasteiger partial charge is 0.481 e. The lowest BCUT2D eigenvalue weighted by atomic mass is 9.96. The maximum absolute atomic E-state index is 12.9. The highest BCUT2D eigenvalue weighted by Gasteiger charge is 2.29. The van der Waals surface area contributed by atoms with E-state index in [4.69, 9.17) is 16.7 Å². The summed E-state index contributed by atoms with van der Waals surface area (Å²) in [5.74, 6) is -1.24. The third-order valence-electron chi connectivity index (χ3n) is 4.65. The molecule has 0 saturated carbocycles. The van der Waals surface area contributed by atoms with Crippen molar-refractivity contribution < 1.29 is 14.7 Å². The Labute approximate surface area is 151 Å². The molecule has 0 radical (unpaired) electrons. The van der Waals surface area contributed by atoms with Gasteiger partial charge in [-0.15, -0.1) is 0 Å². The first-order chi connectivity index (χ1) is 12.0. The van der Waals surface area contributed by atoms with Gasteiger partial charge in [-0.25, -0.2) is 4.68 Å². The Morgan fingerprint density at radius 2 is 1.96 bits per heavy atom. The van der Waals surface area contributed by atoms with E-state index in [0.717, 1.165) is 11.4 Å². The van der Waals surface area contributed by atoms with Crippen LogP contribution in [0.2, 0.25) is 5.02 Å². The SMILES string of the molecule is CCc1c(C(=O)N2CCC(C(=O)O)CC2)cnn1-c1ccccc1Cl. The number of para-hydroxylation sites is 1. The van der Waals surface area contributed by atoms with Crippen LogP contribution >= 0.6 is 11.6 Å². The number of aromatic nitrogens is 2. The number of benzene rings is 1. The summed E-state index contributed by atoms with van der Waals surface area (Å²) in [5, 5.41) is 14.0. The standard InChI is InChI=1S/C18H20ClN3O3/c1-2-15-13(11-20-22(15)16-6-4-3-5-14(16)19)17(23)21-9-7-12(8-10-21)18(24)25/h3-6,11-12H,2,7-10H2,1H3,(H,24,25). The van der Waals surface area contributed by atoms with Gasteiger partial charge in [0.2, 0.25) is 0 Å². The highest BCUT2D eigenvalue weighted by molar-refractivity contribution is 6.32. The number of nitrogens with zero attached hydrogens (tertiary/aromatic N) is 3. The van der Waals surface area contributed by atoms with E-state index in [1.165, 1.54) is 0 Å². The van der Waals surface area contributed by atoms with Crippen LogP contribution in [0.4, 0.5) is 0 Å². The second-order valence-corrected chi connectivity index (χ2v) is 6.53. The van der Waals surface area contributed by atoms with Gasteiger partial charge in [0.25, 0.3) is 5.91 Å². The van der Waals surface area contributed by atoms with Crippen LogP contribution in [-0.2, 0) is 11.2 Å². The first-order valence-corrected chi connectivity index (χ1v) is 8.74. The van der Waals surface area contributed by atoms with Crippen LogP contribution in [0.1, 0.15) is 35.8 Å². The molecule has 0 bridgehead atoms. The maximum atomic E-state index is 12.9. The monoisotopic (exact) mass is 361 g/mol. The molecule has 132 valence electrons. The summed E-state index contributed by atoms with van der Waals surface area (Å²) in [6.45, 7) is 2.88. The zero-order valence-corrected chi connectivity index (χ0v) is 14.7. The van der Waals surface area contributed by atoms with Crippen LogP contribution in [0.5, 0.6) is 0 Å². The van der Waals surface area contributed by atoms with E-state index in [9.17, 15) is 9.59 Å². The predicted molar refractivity (Wildman–Crippen MR) is 94.2 cm³/mol. The van der Waals surface area contributed by atoms with Crippen molar-refractivity contribution in [2.45, 2.75) is 26.2 Å². The minimum Gasteiger partial charge on any atom is -0.481 e. The van der Waals surface area contributed by atoms with Gasteiger partial charge in [0.05, 0.1) is 34.1 Å². The quantitative estimate of drug-likeness (QED) is 0.908. The smallest absolute Gasteiger partial charge is 0.306 e. The van der Waals surface area contributed by atoms with Crippen LogP contribution in [-0.4, -0.2) is 44.8 Å². The highest BCUT2D eigenvalue weighted by Crippen LogP contribution is 2.25. The Morgan fingerprint density at radius 3 is 2.56 bits per heavy atom. The Kier molecular flexibility index (Phi) is 5.08. The molecule has 0 unspecified atom stereocenters. The first kappa shape index (κ1) is 17.5. The predicted octanol–water partition coefficient (Wildman–Crippen LogP) is 3.02. The van der Waals surface area contributed by atoms with Gasteiger partial charge in [0.15, 0.2) is 0 Å². The summed E-state index contributed by atoms with van der Waals surface area (Å²) in [5.41, 5.74) is 2.10. The van der Waals surface area contributed by atoms with Crippen LogP contribution in [0.15, 0.2) is 30.5 Å². The molecule has 6 nitrogen and oxygen atoms in total. The van der Waals surface area contributed by atoms with Crippen molar-refractivity contribution in [1.82, 2.24) is 14.7 Å². The van der Waals surface area contributed by atoms with E-state index in [1.54, 1.807) is 21.8 Å². The average Bonchev–Trinajstić information content (AvgIpc) is 3.05. The van der Waals surface area contributed by atoms with Gasteiger partial charge in [0.1, 0.15) is 0 Å². The van der Waals surface area contributed by atoms with Gasteiger partial charge in [-0.3, -0.25) is 9.59 Å². The molecule has 1 N–H and O–H groups in total. The number of carbonyl (C=O) groups is 2. The van der Waals surface area contributed by atoms with Gasteiger partial charge in [-0.1, -0.05) is 30.7 Å². The molecular formula is C18H20ClN3O3. The minimum absolute atomic E-state index is 0.0982. The fourth-order valence-corrected chi connectivity index (χ4v) is 3.44. The third kappa shape index (κ3) is 3.39. The van der Waals surface area contributed by atoms with Crippen molar-refractivity contribution in [3.63, 3.8) is 0 Å². The van der Waals surface area contributed by atoms with E-state index in [0.29, 0.717) is 42.9 Å². The summed E-state index contributed by atoms with van der Waals surface area (Å²) in [6, 6.07) is 7.37. The number of likely N-dealkylation sites (tertiary alicyclic amines) is 1. The molecule has 1 aromatic heterocycles. The van der Waals surface area contributed by atoms with Crippen molar-refractivity contribution in [3.8, 4) is 5.69 Å². The Balaban J connectivity index is 1.85. The van der Waals surface area contributed by atoms with Crippen molar-refractivity contribution in [1.29, 1.82) is 0 Å². The number of halogens is 1. The molecule has 0 aliphatic carbocycles. The zero-order valence-electron chi connectivity index (χ0n) is 14.0. The Hall–Kier alpha value is -2.34. The normalized spacial score (nSPS) is 15.4. The Morgan fingerprint density at radius 1 is 1.28 bits per heavy atom. The molecule has 1 aromatic carbocycles. The lowest BCUT2D eigenvalue weighted by Gasteiger charge is -2.30. The maximum Gasteiger partial charge on any atom is 0.306 e. The molecule has 1 aliphatic heterocycles. The molecule has 0 spiro atoms. The highest BCUT2D eigenvalue weighted by atomic mass is 35.5. The zero-order chi connectivity index (χ0) is 18.0. The van der Waals surface area contributed by atoms with Gasteiger partial charge in [-0.2, -0.15) is 5.10 Å². The topological polar surface area (TPSA) is 75.4 Å². The van der Waals surface area contributed by atoms with Gasteiger partial charge in [-0.05, 0) is 31.4 Å². The van der Waals surface area contributed by atoms with Gasteiger partial charge in [0, 0.05) is 13.1 Å². The molecule has 1 aliphatic rings. The number of rotatable bonds is 4. The number of carbonyl (C=O) groups excluding carboxylic acids is 1. The summed E-state index contributed by atoms with van der Waals surface area (Å²) < 4.78 is 1.71. The number of carboxylic acids is 1. The lowest BCUT2D eigenvalue weighted by molar-refractivity contribution is -0.143. The lowest BCUT2D eigenvalue weighted by Crippen LogP contribution is -2.40. The molecule has 1 amide bonds. The first-order valence-electron chi connectivity index (χ1n) is 8.36. The second-order valence-electron chi connectivity index (χ2n) is 6.13. The number of piperidine rings is 1. The molecule has 1 saturated heterocycles. The molecule has 3 rings (SSSR count). The molecule has 2 aromatic rings. The van der Waals surface area contributed by atoms with Gasteiger partial charge >= 0.3 is 5.97 Å². The summed E-state index contributed by atoms with van der Waals surface area (Å²) >= 11 is 6.26. The fraction of sp³-hybridized carbons (Fsp3) is 0.389. The van der Waals surface area contributed by atoms with Crippen molar-refractivity contribution in [3.05, 3.63) is 46.7 Å². The Bertz CT molecular complexity index is 795. The molecule has 1 fully saturated rings. The molecule has 25 heavy (non-hydrogen) atoms. The van der Waals surface area contributed by atoms with E-state index >= 15 is 0 Å². The number of carboxylic acid groups (broad SMARTS) is 1. The number of amides is 1. The number of hydrogen-bond acceptors (Lipinski definition) is 3. The summed E-state index contributed by atoms with van der Waals surface area (Å²) in [4.78, 5) is 25.7. The van der Waals surface area contributed by atoms with Crippen molar-refractivity contribution in [2.75, 3.05) is 13.1 Å².